The quantitative estimate of drug-likeness (QED) is 0.183. The molecule has 0 unspecified atom stereocenters. The van der Waals surface area contributed by atoms with Gasteiger partial charge in [-0.05, 0) is 43.2 Å². The number of benzene rings is 6. The zero-order valence-corrected chi connectivity index (χ0v) is 28.4. The highest BCUT2D eigenvalue weighted by atomic mass is 15.1. The van der Waals surface area contributed by atoms with E-state index in [1.54, 1.807) is 0 Å². The van der Waals surface area contributed by atoms with Gasteiger partial charge in [0.2, 0.25) is 0 Å². The third kappa shape index (κ3) is 5.05. The summed E-state index contributed by atoms with van der Waals surface area (Å²) in [6.45, 7) is 0. The Morgan fingerprint density at radius 2 is 0.865 bits per heavy atom. The van der Waals surface area contributed by atoms with Crippen LogP contribution in [0.4, 0.5) is 0 Å². The van der Waals surface area contributed by atoms with Crippen molar-refractivity contribution in [2.75, 3.05) is 0 Å². The topological polar surface area (TPSA) is 48.0 Å². The van der Waals surface area contributed by atoms with Crippen molar-refractivity contribution in [1.29, 1.82) is 0 Å². The lowest BCUT2D eigenvalue weighted by Gasteiger charge is -2.17. The van der Waals surface area contributed by atoms with Crippen molar-refractivity contribution in [2.24, 2.45) is 4.99 Å². The number of para-hydroxylation sites is 4. The first-order valence-corrected chi connectivity index (χ1v) is 17.8. The summed E-state index contributed by atoms with van der Waals surface area (Å²) in [6.07, 6.45) is 6.03. The molecule has 5 heteroatoms. The number of allylic oxidation sites excluding steroid dienone is 3. The van der Waals surface area contributed by atoms with E-state index in [4.69, 9.17) is 15.0 Å². The minimum Gasteiger partial charge on any atom is -0.309 e. The van der Waals surface area contributed by atoms with Crippen molar-refractivity contribution in [3.63, 3.8) is 0 Å². The van der Waals surface area contributed by atoms with Crippen LogP contribution in [0.25, 0.3) is 77.6 Å². The number of aromatic nitrogens is 4. The average molecular weight is 668 g/mol. The van der Waals surface area contributed by atoms with E-state index in [-0.39, 0.29) is 0 Å². The molecule has 6 aromatic carbocycles. The summed E-state index contributed by atoms with van der Waals surface area (Å²) in [6, 6.07) is 57.3. The van der Waals surface area contributed by atoms with Crippen molar-refractivity contribution >= 4 is 60.8 Å². The standard InChI is InChI=1S/C47H33N5/c1-3-16-32(17-4-1)40-31-41(33-18-5-2-6-19-33)50-47(49-40)39-25-15-20-34(51-42-26-11-7-21-35(42)36-22-8-12-27-43(36)51)30-46(48-39)52-44-28-13-9-23-37(44)38-24-10-14-29-45(38)52/h1-14,16-24,26-31H,15,25H2/b34-20+,46-30+,48-39+. The lowest BCUT2D eigenvalue weighted by atomic mass is 10.1. The van der Waals surface area contributed by atoms with E-state index in [1.807, 2.05) is 12.1 Å². The molecule has 0 radical (unpaired) electrons. The molecule has 3 aromatic heterocycles. The van der Waals surface area contributed by atoms with E-state index in [0.717, 1.165) is 57.2 Å². The van der Waals surface area contributed by atoms with Gasteiger partial charge in [-0.2, -0.15) is 0 Å². The highest BCUT2D eigenvalue weighted by Crippen LogP contribution is 2.37. The predicted octanol–water partition coefficient (Wildman–Crippen LogP) is 11.6. The first-order valence-electron chi connectivity index (χ1n) is 17.8. The SMILES string of the molecule is C1=C(n2c3ccccc3c3ccccc32)/C=C(n2c3ccccc3c3ccccc32)\N=C(\c2nc(-c3ccccc3)cc(-c3ccccc3)n2)CC\1. The fourth-order valence-corrected chi connectivity index (χ4v) is 7.67. The molecular formula is C47H33N5. The number of fused-ring (bicyclic) bond motifs is 6. The molecule has 1 aliphatic heterocycles. The zero-order chi connectivity index (χ0) is 34.4. The van der Waals surface area contributed by atoms with Crippen molar-refractivity contribution in [3.8, 4) is 22.5 Å². The van der Waals surface area contributed by atoms with Crippen LogP contribution in [0.15, 0.2) is 181 Å². The summed E-state index contributed by atoms with van der Waals surface area (Å²) in [4.78, 5) is 16.0. The summed E-state index contributed by atoms with van der Waals surface area (Å²) in [5, 5.41) is 4.84. The monoisotopic (exact) mass is 667 g/mol. The third-order valence-electron chi connectivity index (χ3n) is 10.0. The van der Waals surface area contributed by atoms with E-state index >= 15 is 0 Å². The summed E-state index contributed by atoms with van der Waals surface area (Å²) in [5.41, 5.74) is 10.3. The van der Waals surface area contributed by atoms with E-state index in [9.17, 15) is 0 Å². The Hall–Kier alpha value is -6.85. The third-order valence-corrected chi connectivity index (χ3v) is 10.0. The largest absolute Gasteiger partial charge is 0.309 e. The molecular weight excluding hydrogens is 635 g/mol. The molecule has 52 heavy (non-hydrogen) atoms. The second kappa shape index (κ2) is 12.5. The lowest BCUT2D eigenvalue weighted by molar-refractivity contribution is 1.02. The normalized spacial score (nSPS) is 16.6. The molecule has 4 heterocycles. The van der Waals surface area contributed by atoms with Crippen LogP contribution in [0.2, 0.25) is 0 Å². The van der Waals surface area contributed by atoms with Gasteiger partial charge in [-0.3, -0.25) is 4.57 Å². The Labute approximate surface area is 301 Å². The molecule has 0 saturated carbocycles. The van der Waals surface area contributed by atoms with E-state index in [2.05, 4.69) is 173 Å². The highest BCUT2D eigenvalue weighted by molar-refractivity contribution is 6.13. The molecule has 5 nitrogen and oxygen atoms in total. The molecule has 0 bridgehead atoms. The van der Waals surface area contributed by atoms with Crippen molar-refractivity contribution in [1.82, 2.24) is 19.1 Å². The van der Waals surface area contributed by atoms with E-state index < -0.39 is 0 Å². The van der Waals surface area contributed by atoms with Crippen molar-refractivity contribution < 1.29 is 0 Å². The minimum atomic E-state index is 0.639. The lowest BCUT2D eigenvalue weighted by Crippen LogP contribution is -2.12. The van der Waals surface area contributed by atoms with Crippen LogP contribution < -0.4 is 0 Å². The van der Waals surface area contributed by atoms with Crippen LogP contribution in [0.3, 0.4) is 0 Å². The number of hydrogen-bond donors (Lipinski definition) is 0. The summed E-state index contributed by atoms with van der Waals surface area (Å²) in [7, 11) is 0. The summed E-state index contributed by atoms with van der Waals surface area (Å²) < 4.78 is 4.69. The zero-order valence-electron chi connectivity index (χ0n) is 28.4. The maximum absolute atomic E-state index is 5.60. The summed E-state index contributed by atoms with van der Waals surface area (Å²) in [5.74, 6) is 1.45. The number of hydrogen-bond acceptors (Lipinski definition) is 3. The molecule has 9 aromatic rings. The Morgan fingerprint density at radius 1 is 0.442 bits per heavy atom. The first-order chi connectivity index (χ1) is 25.8. The molecule has 10 rings (SSSR count). The van der Waals surface area contributed by atoms with Crippen LogP contribution in [0.1, 0.15) is 18.7 Å². The van der Waals surface area contributed by atoms with Crippen molar-refractivity contribution in [2.45, 2.75) is 12.8 Å². The van der Waals surface area contributed by atoms with Gasteiger partial charge < -0.3 is 4.57 Å². The molecule has 0 spiro atoms. The second-order valence-corrected chi connectivity index (χ2v) is 13.2. The Bertz CT molecular complexity index is 2730. The highest BCUT2D eigenvalue weighted by Gasteiger charge is 2.21. The maximum Gasteiger partial charge on any atom is 0.175 e. The predicted molar refractivity (Wildman–Crippen MR) is 216 cm³/mol. The number of rotatable bonds is 5. The fraction of sp³-hybridized carbons (Fsp3) is 0.0426. The smallest absolute Gasteiger partial charge is 0.175 e. The van der Waals surface area contributed by atoms with E-state index in [1.165, 1.54) is 32.6 Å². The maximum atomic E-state index is 5.60. The van der Waals surface area contributed by atoms with Gasteiger partial charge in [0.1, 0.15) is 5.82 Å². The molecule has 0 atom stereocenters. The van der Waals surface area contributed by atoms with Crippen LogP contribution in [0, 0.1) is 0 Å². The second-order valence-electron chi connectivity index (χ2n) is 13.2. The Kier molecular flexibility index (Phi) is 7.21. The van der Waals surface area contributed by atoms with Crippen LogP contribution >= 0.6 is 0 Å². The fourth-order valence-electron chi connectivity index (χ4n) is 7.67. The van der Waals surface area contributed by atoms with E-state index in [0.29, 0.717) is 12.2 Å². The number of nitrogens with zero attached hydrogens (tertiary/aromatic N) is 5. The van der Waals surface area contributed by atoms with Gasteiger partial charge in [0.25, 0.3) is 0 Å². The molecule has 1 aliphatic rings. The van der Waals surface area contributed by atoms with Gasteiger partial charge in [-0.1, -0.05) is 140 Å². The first kappa shape index (κ1) is 30.0. The Balaban J connectivity index is 1.25. The van der Waals surface area contributed by atoms with Gasteiger partial charge in [0.15, 0.2) is 5.82 Å². The molecule has 0 amide bonds. The molecule has 0 N–H and O–H groups in total. The number of aliphatic imine (C=N–C) groups is 1. The molecule has 0 fully saturated rings. The summed E-state index contributed by atoms with van der Waals surface area (Å²) >= 11 is 0. The van der Waals surface area contributed by atoms with Gasteiger partial charge in [0.05, 0.1) is 39.2 Å². The average Bonchev–Trinajstić information content (AvgIpc) is 3.72. The van der Waals surface area contributed by atoms with Gasteiger partial charge in [0, 0.05) is 44.4 Å². The Morgan fingerprint density at radius 3 is 1.35 bits per heavy atom. The molecule has 0 saturated heterocycles. The van der Waals surface area contributed by atoms with Crippen LogP contribution in [-0.2, 0) is 0 Å². The molecule has 0 aliphatic carbocycles. The van der Waals surface area contributed by atoms with Gasteiger partial charge in [-0.15, -0.1) is 0 Å². The van der Waals surface area contributed by atoms with Gasteiger partial charge >= 0.3 is 0 Å². The van der Waals surface area contributed by atoms with Crippen LogP contribution in [0.5, 0.6) is 0 Å². The van der Waals surface area contributed by atoms with Gasteiger partial charge in [-0.25, -0.2) is 15.0 Å². The van der Waals surface area contributed by atoms with Crippen molar-refractivity contribution in [3.05, 3.63) is 182 Å². The minimum absolute atomic E-state index is 0.639. The molecule has 246 valence electrons. The van der Waals surface area contributed by atoms with Crippen LogP contribution in [-0.4, -0.2) is 24.8 Å².